The quantitative estimate of drug-likeness (QED) is 0.631. The second-order valence-electron chi connectivity index (χ2n) is 2.25. The van der Waals surface area contributed by atoms with Gasteiger partial charge in [0, 0.05) is 12.8 Å². The first-order valence-corrected chi connectivity index (χ1v) is 5.68. The van der Waals surface area contributed by atoms with Crippen molar-refractivity contribution in [1.82, 2.24) is 10.2 Å². The number of rotatable bonds is 5. The zero-order valence-electron chi connectivity index (χ0n) is 7.46. The first-order valence-electron chi connectivity index (χ1n) is 3.87. The van der Waals surface area contributed by atoms with Crippen molar-refractivity contribution >= 4 is 28.2 Å². The molecule has 1 heterocycles. The minimum Gasteiger partial charge on any atom is -0.363 e. The van der Waals surface area contributed by atoms with Crippen molar-refractivity contribution in [3.8, 4) is 0 Å². The smallest absolute Gasteiger partial charge is 0.266 e. The predicted molar refractivity (Wildman–Crippen MR) is 55.1 cm³/mol. The van der Waals surface area contributed by atoms with E-state index in [1.807, 2.05) is 0 Å². The molecule has 7 heteroatoms. The molecule has 14 heavy (non-hydrogen) atoms. The molecule has 0 radical (unpaired) electrons. The van der Waals surface area contributed by atoms with Crippen LogP contribution in [0.5, 0.6) is 0 Å². The van der Waals surface area contributed by atoms with Gasteiger partial charge in [0.15, 0.2) is 4.34 Å². The molecule has 0 fully saturated rings. The Morgan fingerprint density at radius 1 is 1.57 bits per heavy atom. The van der Waals surface area contributed by atoms with Gasteiger partial charge in [0.05, 0.1) is 0 Å². The number of thioether (sulfide) groups is 1. The van der Waals surface area contributed by atoms with Gasteiger partial charge < -0.3 is 5.32 Å². The molecule has 3 nitrogen and oxygen atoms in total. The van der Waals surface area contributed by atoms with Gasteiger partial charge in [-0.25, -0.2) is 0 Å². The van der Waals surface area contributed by atoms with Crippen LogP contribution in [0.25, 0.3) is 0 Å². The molecule has 0 aliphatic heterocycles. The lowest BCUT2D eigenvalue weighted by Crippen LogP contribution is -1.84. The number of nitrogens with one attached hydrogen (secondary N) is 1. The van der Waals surface area contributed by atoms with E-state index >= 15 is 0 Å². The van der Waals surface area contributed by atoms with Crippen molar-refractivity contribution in [2.24, 2.45) is 0 Å². The molecule has 1 rings (SSSR count). The van der Waals surface area contributed by atoms with Crippen molar-refractivity contribution in [2.75, 3.05) is 18.1 Å². The van der Waals surface area contributed by atoms with Crippen LogP contribution in [-0.4, -0.2) is 23.0 Å². The van der Waals surface area contributed by atoms with Gasteiger partial charge in [-0.1, -0.05) is 23.1 Å². The molecule has 1 aromatic heterocycles. The van der Waals surface area contributed by atoms with Gasteiger partial charge in [-0.15, -0.1) is 10.2 Å². The van der Waals surface area contributed by atoms with Crippen molar-refractivity contribution in [3.63, 3.8) is 0 Å². The highest BCUT2D eigenvalue weighted by Gasteiger charge is 2.01. The van der Waals surface area contributed by atoms with Crippen LogP contribution in [-0.2, 0) is 0 Å². The summed E-state index contributed by atoms with van der Waals surface area (Å²) in [5, 5.41) is 11.3. The SMILES string of the molecule is CNc1nnc(SCCC=C(F)F)s1. The summed E-state index contributed by atoms with van der Waals surface area (Å²) in [6.45, 7) is 0. The third-order valence-corrected chi connectivity index (χ3v) is 3.37. The molecule has 0 amide bonds. The number of nitrogens with zero attached hydrogens (tertiary/aromatic N) is 2. The highest BCUT2D eigenvalue weighted by molar-refractivity contribution is 8.01. The minimum atomic E-state index is -1.63. The van der Waals surface area contributed by atoms with Crippen molar-refractivity contribution < 1.29 is 8.78 Å². The topological polar surface area (TPSA) is 37.8 Å². The van der Waals surface area contributed by atoms with E-state index in [2.05, 4.69) is 15.5 Å². The number of allylic oxidation sites excluding steroid dienone is 1. The van der Waals surface area contributed by atoms with E-state index in [1.165, 1.54) is 23.1 Å². The van der Waals surface area contributed by atoms with E-state index in [-0.39, 0.29) is 0 Å². The van der Waals surface area contributed by atoms with Crippen LogP contribution < -0.4 is 5.32 Å². The largest absolute Gasteiger partial charge is 0.363 e. The van der Waals surface area contributed by atoms with Gasteiger partial charge in [-0.05, 0) is 12.5 Å². The molecule has 0 aliphatic carbocycles. The van der Waals surface area contributed by atoms with Crippen LogP contribution in [0, 0.1) is 0 Å². The summed E-state index contributed by atoms with van der Waals surface area (Å²) in [4.78, 5) is 0. The Morgan fingerprint density at radius 2 is 2.36 bits per heavy atom. The maximum atomic E-state index is 11.6. The monoisotopic (exact) mass is 237 g/mol. The van der Waals surface area contributed by atoms with Gasteiger partial charge >= 0.3 is 0 Å². The molecular weight excluding hydrogens is 228 g/mol. The fourth-order valence-corrected chi connectivity index (χ4v) is 2.35. The molecule has 0 aliphatic rings. The number of halogens is 2. The molecule has 0 saturated heterocycles. The summed E-state index contributed by atoms with van der Waals surface area (Å²) in [6, 6.07) is 0. The van der Waals surface area contributed by atoms with Crippen molar-refractivity contribution in [1.29, 1.82) is 0 Å². The molecule has 1 aromatic rings. The fourth-order valence-electron chi connectivity index (χ4n) is 0.683. The lowest BCUT2D eigenvalue weighted by Gasteiger charge is -1.90. The molecule has 0 unspecified atom stereocenters. The van der Waals surface area contributed by atoms with Crippen LogP contribution in [0.15, 0.2) is 16.5 Å². The summed E-state index contributed by atoms with van der Waals surface area (Å²) >= 11 is 2.84. The lowest BCUT2D eigenvalue weighted by molar-refractivity contribution is 0.418. The number of hydrogen-bond acceptors (Lipinski definition) is 5. The maximum absolute atomic E-state index is 11.6. The Kier molecular flexibility index (Phi) is 4.81. The summed E-state index contributed by atoms with van der Waals surface area (Å²) in [5.74, 6) is 0.593. The standard InChI is InChI=1S/C7H9F2N3S2/c1-10-6-11-12-7(14-6)13-4-2-3-5(8)9/h3H,2,4H2,1H3,(H,10,11). The van der Waals surface area contributed by atoms with E-state index < -0.39 is 6.08 Å². The van der Waals surface area contributed by atoms with Crippen LogP contribution in [0.1, 0.15) is 6.42 Å². The molecule has 0 saturated carbocycles. The van der Waals surface area contributed by atoms with Crippen LogP contribution in [0.4, 0.5) is 13.9 Å². The third-order valence-electron chi connectivity index (χ3n) is 1.26. The zero-order valence-corrected chi connectivity index (χ0v) is 9.09. The van der Waals surface area contributed by atoms with E-state index in [0.717, 1.165) is 15.5 Å². The third kappa shape index (κ3) is 4.01. The first-order chi connectivity index (χ1) is 6.72. The summed E-state index contributed by atoms with van der Waals surface area (Å²) in [6.07, 6.45) is -0.368. The van der Waals surface area contributed by atoms with Gasteiger partial charge in [0.1, 0.15) is 0 Å². The van der Waals surface area contributed by atoms with E-state index in [4.69, 9.17) is 0 Å². The lowest BCUT2D eigenvalue weighted by atomic mass is 10.5. The maximum Gasteiger partial charge on any atom is 0.266 e. The van der Waals surface area contributed by atoms with Gasteiger partial charge in [-0.3, -0.25) is 0 Å². The predicted octanol–water partition coefficient (Wildman–Crippen LogP) is 2.84. The molecule has 78 valence electrons. The molecule has 0 aromatic carbocycles. The molecule has 0 atom stereocenters. The summed E-state index contributed by atoms with van der Waals surface area (Å²) < 4.78 is 24.1. The summed E-state index contributed by atoms with van der Waals surface area (Å²) in [7, 11) is 1.76. The van der Waals surface area contributed by atoms with Crippen molar-refractivity contribution in [2.45, 2.75) is 10.8 Å². The van der Waals surface area contributed by atoms with E-state index in [1.54, 1.807) is 7.05 Å². The van der Waals surface area contributed by atoms with E-state index in [0.29, 0.717) is 12.2 Å². The van der Waals surface area contributed by atoms with Crippen molar-refractivity contribution in [3.05, 3.63) is 12.2 Å². The highest BCUT2D eigenvalue weighted by Crippen LogP contribution is 2.25. The highest BCUT2D eigenvalue weighted by atomic mass is 32.2. The van der Waals surface area contributed by atoms with Crippen LogP contribution in [0.2, 0.25) is 0 Å². The average Bonchev–Trinajstić information content (AvgIpc) is 2.60. The average molecular weight is 237 g/mol. The van der Waals surface area contributed by atoms with Gasteiger partial charge in [0.25, 0.3) is 6.08 Å². The zero-order chi connectivity index (χ0) is 10.4. The summed E-state index contributed by atoms with van der Waals surface area (Å²) in [5.41, 5.74) is 0. The molecular formula is C7H9F2N3S2. The molecule has 0 bridgehead atoms. The Morgan fingerprint density at radius 3 is 2.93 bits per heavy atom. The Bertz CT molecular complexity index is 310. The van der Waals surface area contributed by atoms with Gasteiger partial charge in [-0.2, -0.15) is 8.78 Å². The fraction of sp³-hybridized carbons (Fsp3) is 0.429. The molecule has 0 spiro atoms. The first kappa shape index (κ1) is 11.4. The molecule has 1 N–H and O–H groups in total. The number of anilines is 1. The number of hydrogen-bond donors (Lipinski definition) is 1. The second-order valence-corrected chi connectivity index (χ2v) is 4.57. The van der Waals surface area contributed by atoms with Crippen LogP contribution in [0.3, 0.4) is 0 Å². The Hall–Kier alpha value is -0.690. The Labute approximate surface area is 88.6 Å². The normalized spacial score (nSPS) is 9.93. The second kappa shape index (κ2) is 5.92. The Balaban J connectivity index is 2.28. The minimum absolute atomic E-state index is 0.349. The number of aromatic nitrogens is 2. The van der Waals surface area contributed by atoms with Gasteiger partial charge in [0.2, 0.25) is 5.13 Å². The van der Waals surface area contributed by atoms with Crippen LogP contribution >= 0.6 is 23.1 Å². The van der Waals surface area contributed by atoms with E-state index in [9.17, 15) is 8.78 Å².